The first-order chi connectivity index (χ1) is 11.0. The van der Waals surface area contributed by atoms with Gasteiger partial charge in [-0.05, 0) is 6.42 Å². The molecule has 0 radical (unpaired) electrons. The normalized spacial score (nSPS) is 8.62. The first-order valence-corrected chi connectivity index (χ1v) is 7.55. The van der Waals surface area contributed by atoms with Crippen molar-refractivity contribution in [1.29, 1.82) is 0 Å². The van der Waals surface area contributed by atoms with Crippen LogP contribution in [0, 0.1) is 0 Å². The highest BCUT2D eigenvalue weighted by molar-refractivity contribution is 5.66. The molecule has 0 saturated heterocycles. The molecule has 0 aromatic rings. The Labute approximate surface area is 142 Å². The molecule has 6 N–H and O–H groups in total. The van der Waals surface area contributed by atoms with Crippen molar-refractivity contribution in [3.63, 3.8) is 0 Å². The Bertz CT molecular complexity index is 269. The molecule has 0 heterocycles. The molecule has 0 aliphatic rings. The van der Waals surface area contributed by atoms with Gasteiger partial charge in [0.05, 0.1) is 13.2 Å². The van der Waals surface area contributed by atoms with Gasteiger partial charge >= 0.3 is 5.97 Å². The Balaban J connectivity index is -0.000000122. The molecule has 0 saturated carbocycles. The molecule has 0 spiro atoms. The summed E-state index contributed by atoms with van der Waals surface area (Å²) in [4.78, 5) is 28.0. The van der Waals surface area contributed by atoms with Crippen LogP contribution in [0.3, 0.4) is 0 Å². The van der Waals surface area contributed by atoms with Crippen molar-refractivity contribution in [3.8, 4) is 0 Å². The van der Waals surface area contributed by atoms with Crippen molar-refractivity contribution in [1.82, 2.24) is 0 Å². The highest BCUT2D eigenvalue weighted by atomic mass is 16.4. The maximum absolute atomic E-state index is 10.0. The molecule has 0 aliphatic carbocycles. The monoisotopic (exact) mass is 356 g/mol. The molecule has 0 amide bonds. The predicted molar refractivity (Wildman–Crippen MR) is 87.8 cm³/mol. The number of carboxylic acids is 3. The topological polar surface area (TPSA) is 173 Å². The molecular weight excluding hydrogens is 324 g/mol. The highest BCUT2D eigenvalue weighted by Gasteiger charge is 1.95. The minimum atomic E-state index is -0.954. The van der Waals surface area contributed by atoms with Gasteiger partial charge in [-0.15, -0.1) is 0 Å². The molecule has 0 bridgehead atoms. The first-order valence-electron chi connectivity index (χ1n) is 7.55. The van der Waals surface area contributed by atoms with E-state index in [4.69, 9.17) is 40.2 Å². The van der Waals surface area contributed by atoms with Crippen molar-refractivity contribution in [2.75, 3.05) is 13.2 Å². The Morgan fingerprint density at radius 3 is 1.33 bits per heavy atom. The lowest BCUT2D eigenvalue weighted by molar-refractivity contribution is -0.137. The van der Waals surface area contributed by atoms with Crippen LogP contribution in [-0.2, 0) is 14.4 Å². The van der Waals surface area contributed by atoms with Gasteiger partial charge in [0.25, 0.3) is 11.9 Å². The van der Waals surface area contributed by atoms with Crippen LogP contribution < -0.4 is 0 Å². The Kier molecular flexibility index (Phi) is 33.0. The number of unbranched alkanes of at least 4 members (excludes halogenated alkanes) is 4. The summed E-state index contributed by atoms with van der Waals surface area (Å²) in [5.74, 6) is -2.34. The van der Waals surface area contributed by atoms with Crippen LogP contribution in [0.5, 0.6) is 0 Å². The second-order valence-corrected chi connectivity index (χ2v) is 4.61. The van der Waals surface area contributed by atoms with Crippen LogP contribution in [-0.4, -0.2) is 67.9 Å². The lowest BCUT2D eigenvalue weighted by Gasteiger charge is -1.96. The first kappa shape index (κ1) is 30.2. The minimum absolute atomic E-state index is 0.337. The molecule has 0 aliphatic heterocycles. The van der Waals surface area contributed by atoms with Crippen LogP contribution in [0.1, 0.15) is 59.3 Å². The van der Waals surface area contributed by atoms with E-state index in [2.05, 4.69) is 6.92 Å². The van der Waals surface area contributed by atoms with E-state index in [9.17, 15) is 4.79 Å². The fraction of sp³-hybridized carbons (Fsp3) is 0.800. The molecule has 0 aromatic carbocycles. The van der Waals surface area contributed by atoms with E-state index in [0.717, 1.165) is 26.7 Å². The number of aliphatic carboxylic acids is 3. The SMILES string of the molecule is CC(=O)O.CC(=O)O.CCCCCCCC(=O)O.OCC(O)CO. The van der Waals surface area contributed by atoms with E-state index >= 15 is 0 Å². The number of aliphatic hydroxyl groups excluding tert-OH is 3. The quantitative estimate of drug-likeness (QED) is 0.346. The van der Waals surface area contributed by atoms with Crippen LogP contribution >= 0.6 is 0 Å². The van der Waals surface area contributed by atoms with E-state index in [1.165, 1.54) is 19.3 Å². The third-order valence-corrected chi connectivity index (χ3v) is 1.92. The van der Waals surface area contributed by atoms with Crippen LogP contribution in [0.2, 0.25) is 0 Å². The van der Waals surface area contributed by atoms with Crippen LogP contribution in [0.4, 0.5) is 0 Å². The number of aliphatic hydroxyl groups is 3. The largest absolute Gasteiger partial charge is 0.481 e. The van der Waals surface area contributed by atoms with Gasteiger partial charge in [0.1, 0.15) is 6.10 Å². The number of rotatable bonds is 8. The third-order valence-electron chi connectivity index (χ3n) is 1.92. The maximum atomic E-state index is 10.0. The van der Waals surface area contributed by atoms with E-state index in [1.807, 2.05) is 0 Å². The van der Waals surface area contributed by atoms with Crippen molar-refractivity contribution < 1.29 is 45.0 Å². The summed E-state index contributed by atoms with van der Waals surface area (Å²) in [5.41, 5.74) is 0. The van der Waals surface area contributed by atoms with E-state index in [-0.39, 0.29) is 13.2 Å². The average Bonchev–Trinajstić information content (AvgIpc) is 2.45. The van der Waals surface area contributed by atoms with E-state index < -0.39 is 24.0 Å². The number of hydrogen-bond donors (Lipinski definition) is 6. The summed E-state index contributed by atoms with van der Waals surface area (Å²) in [7, 11) is 0. The Hall–Kier alpha value is -1.71. The summed E-state index contributed by atoms with van der Waals surface area (Å²) in [5, 5.41) is 47.1. The van der Waals surface area contributed by atoms with E-state index in [1.54, 1.807) is 0 Å². The van der Waals surface area contributed by atoms with Gasteiger partial charge in [0, 0.05) is 20.3 Å². The zero-order valence-electron chi connectivity index (χ0n) is 14.6. The van der Waals surface area contributed by atoms with Gasteiger partial charge in [-0.2, -0.15) is 0 Å². The second-order valence-electron chi connectivity index (χ2n) is 4.61. The maximum Gasteiger partial charge on any atom is 0.303 e. The lowest BCUT2D eigenvalue weighted by atomic mass is 10.1. The molecule has 9 heteroatoms. The Morgan fingerprint density at radius 1 is 0.792 bits per heavy atom. The summed E-state index contributed by atoms with van der Waals surface area (Å²) >= 11 is 0. The summed E-state index contributed by atoms with van der Waals surface area (Å²) in [6, 6.07) is 0. The molecule has 0 aromatic heterocycles. The van der Waals surface area contributed by atoms with Gasteiger partial charge < -0.3 is 30.6 Å². The van der Waals surface area contributed by atoms with Crippen molar-refractivity contribution in [2.24, 2.45) is 0 Å². The molecule has 0 fully saturated rings. The fourth-order valence-corrected chi connectivity index (χ4v) is 0.938. The number of hydrogen-bond acceptors (Lipinski definition) is 6. The molecule has 9 nitrogen and oxygen atoms in total. The van der Waals surface area contributed by atoms with Crippen molar-refractivity contribution in [2.45, 2.75) is 65.4 Å². The standard InChI is InChI=1S/C8H16O2.C3H8O3.2C2H4O2/c1-2-3-4-5-6-7-8(9)10;4-1-3(6)2-5;2*1-2(3)4/h2-7H2,1H3,(H,9,10);3-6H,1-2H2;2*1H3,(H,3,4). The molecule has 0 unspecified atom stereocenters. The van der Waals surface area contributed by atoms with Gasteiger partial charge in [-0.3, -0.25) is 14.4 Å². The van der Waals surface area contributed by atoms with Crippen molar-refractivity contribution >= 4 is 17.9 Å². The Morgan fingerprint density at radius 2 is 1.12 bits per heavy atom. The number of carbonyl (C=O) groups is 3. The molecule has 24 heavy (non-hydrogen) atoms. The zero-order chi connectivity index (χ0) is 20.0. The molecular formula is C15H32O9. The van der Waals surface area contributed by atoms with Gasteiger partial charge in [0.2, 0.25) is 0 Å². The highest BCUT2D eigenvalue weighted by Crippen LogP contribution is 2.04. The second kappa shape index (κ2) is 26.2. The molecule has 0 atom stereocenters. The van der Waals surface area contributed by atoms with Crippen LogP contribution in [0.25, 0.3) is 0 Å². The predicted octanol–water partition coefficient (Wildman–Crippen LogP) is 0.945. The van der Waals surface area contributed by atoms with Crippen LogP contribution in [0.15, 0.2) is 0 Å². The lowest BCUT2D eigenvalue weighted by Crippen LogP contribution is -2.15. The average molecular weight is 356 g/mol. The van der Waals surface area contributed by atoms with Gasteiger partial charge in [0.15, 0.2) is 0 Å². The zero-order valence-corrected chi connectivity index (χ0v) is 14.6. The molecule has 0 rings (SSSR count). The smallest absolute Gasteiger partial charge is 0.303 e. The minimum Gasteiger partial charge on any atom is -0.481 e. The summed E-state index contributed by atoms with van der Waals surface area (Å²) in [6.07, 6.45) is 4.93. The number of carboxylic acid groups (broad SMARTS) is 3. The fourth-order valence-electron chi connectivity index (χ4n) is 0.938. The summed E-state index contributed by atoms with van der Waals surface area (Å²) < 4.78 is 0. The third kappa shape index (κ3) is 87.5. The molecule has 146 valence electrons. The van der Waals surface area contributed by atoms with Crippen molar-refractivity contribution in [3.05, 3.63) is 0 Å². The summed E-state index contributed by atoms with van der Waals surface area (Å²) in [6.45, 7) is 3.59. The van der Waals surface area contributed by atoms with Gasteiger partial charge in [-0.1, -0.05) is 32.6 Å². The van der Waals surface area contributed by atoms with Gasteiger partial charge in [-0.25, -0.2) is 0 Å². The van der Waals surface area contributed by atoms with E-state index in [0.29, 0.717) is 6.42 Å².